The lowest BCUT2D eigenvalue weighted by atomic mass is 9.80. The SMILES string of the molecule is CC(C)CN1C(=O)c2ccccc2[C@@H](C(=O)N2CC=C(c3ccccc3)CC2)[C@@H]1c1cccs1. The molecule has 0 radical (unpaired) electrons. The van der Waals surface area contributed by atoms with Crippen LogP contribution in [0.2, 0.25) is 0 Å². The predicted octanol–water partition coefficient (Wildman–Crippen LogP) is 6.00. The Morgan fingerprint density at radius 3 is 2.47 bits per heavy atom. The van der Waals surface area contributed by atoms with Crippen LogP contribution in [0.25, 0.3) is 5.57 Å². The van der Waals surface area contributed by atoms with Crippen molar-refractivity contribution in [2.75, 3.05) is 19.6 Å². The highest BCUT2D eigenvalue weighted by Gasteiger charge is 2.46. The molecule has 2 aliphatic heterocycles. The van der Waals surface area contributed by atoms with E-state index in [1.807, 2.05) is 51.6 Å². The van der Waals surface area contributed by atoms with E-state index in [9.17, 15) is 9.59 Å². The number of amides is 2. The van der Waals surface area contributed by atoms with Gasteiger partial charge in [-0.1, -0.05) is 74.5 Å². The third-order valence-corrected chi connectivity index (χ3v) is 7.71. The lowest BCUT2D eigenvalue weighted by Gasteiger charge is -2.43. The number of rotatable bonds is 5. The van der Waals surface area contributed by atoms with Gasteiger partial charge in [0.05, 0.1) is 12.0 Å². The van der Waals surface area contributed by atoms with Crippen LogP contribution < -0.4 is 0 Å². The second-order valence-corrected chi connectivity index (χ2v) is 10.5. The van der Waals surface area contributed by atoms with Crippen LogP contribution in [0.1, 0.15) is 58.6 Å². The van der Waals surface area contributed by atoms with Crippen LogP contribution in [-0.2, 0) is 4.79 Å². The van der Waals surface area contributed by atoms with Gasteiger partial charge in [-0.2, -0.15) is 0 Å². The summed E-state index contributed by atoms with van der Waals surface area (Å²) >= 11 is 1.63. The van der Waals surface area contributed by atoms with Crippen molar-refractivity contribution in [1.29, 1.82) is 0 Å². The molecule has 3 aromatic rings. The van der Waals surface area contributed by atoms with Crippen LogP contribution in [0.5, 0.6) is 0 Å². The summed E-state index contributed by atoms with van der Waals surface area (Å²) in [5, 5.41) is 2.03. The fourth-order valence-corrected chi connectivity index (χ4v) is 6.08. The van der Waals surface area contributed by atoms with Gasteiger partial charge < -0.3 is 9.80 Å². The minimum Gasteiger partial charge on any atom is -0.338 e. The first kappa shape index (κ1) is 22.6. The van der Waals surface area contributed by atoms with Gasteiger partial charge in [0.2, 0.25) is 5.91 Å². The van der Waals surface area contributed by atoms with Gasteiger partial charge in [-0.3, -0.25) is 9.59 Å². The zero-order chi connectivity index (χ0) is 23.7. The minimum absolute atomic E-state index is 0.0247. The Hall–Kier alpha value is -3.18. The smallest absolute Gasteiger partial charge is 0.254 e. The first-order chi connectivity index (χ1) is 16.5. The number of benzene rings is 2. The first-order valence-corrected chi connectivity index (χ1v) is 12.9. The molecular formula is C29H30N2O2S. The minimum atomic E-state index is -0.405. The Balaban J connectivity index is 1.52. The van der Waals surface area contributed by atoms with Crippen molar-refractivity contribution in [3.63, 3.8) is 0 Å². The molecule has 4 nitrogen and oxygen atoms in total. The van der Waals surface area contributed by atoms with Crippen molar-refractivity contribution in [1.82, 2.24) is 9.80 Å². The van der Waals surface area contributed by atoms with Gasteiger partial charge in [0.25, 0.3) is 5.91 Å². The maximum atomic E-state index is 14.2. The Bertz CT molecular complexity index is 1200. The zero-order valence-electron chi connectivity index (χ0n) is 19.7. The summed E-state index contributed by atoms with van der Waals surface area (Å²) in [5.74, 6) is 0.0314. The molecule has 0 spiro atoms. The van der Waals surface area contributed by atoms with Gasteiger partial charge in [-0.25, -0.2) is 0 Å². The summed E-state index contributed by atoms with van der Waals surface area (Å²) in [4.78, 5) is 32.7. The largest absolute Gasteiger partial charge is 0.338 e. The first-order valence-electron chi connectivity index (χ1n) is 12.0. The molecule has 2 amide bonds. The molecule has 5 rings (SSSR count). The van der Waals surface area contributed by atoms with Gasteiger partial charge >= 0.3 is 0 Å². The molecule has 34 heavy (non-hydrogen) atoms. The average molecular weight is 471 g/mol. The number of carbonyl (C=O) groups is 2. The fraction of sp³-hybridized carbons (Fsp3) is 0.310. The van der Waals surface area contributed by atoms with Crippen molar-refractivity contribution in [2.24, 2.45) is 5.92 Å². The van der Waals surface area contributed by atoms with Crippen LogP contribution in [0.15, 0.2) is 78.2 Å². The van der Waals surface area contributed by atoms with E-state index in [-0.39, 0.29) is 17.9 Å². The number of hydrogen-bond donors (Lipinski definition) is 0. The third kappa shape index (κ3) is 4.21. The summed E-state index contributed by atoms with van der Waals surface area (Å²) in [5.41, 5.74) is 4.03. The fourth-order valence-electron chi connectivity index (χ4n) is 5.21. The molecule has 174 valence electrons. The van der Waals surface area contributed by atoms with Crippen molar-refractivity contribution in [2.45, 2.75) is 32.2 Å². The Kier molecular flexibility index (Phi) is 6.38. The Morgan fingerprint density at radius 1 is 1.03 bits per heavy atom. The number of nitrogens with zero attached hydrogens (tertiary/aromatic N) is 2. The van der Waals surface area contributed by atoms with Gasteiger partial charge in [-0.05, 0) is 46.6 Å². The average Bonchev–Trinajstić information content (AvgIpc) is 3.40. The number of hydrogen-bond acceptors (Lipinski definition) is 3. The van der Waals surface area contributed by atoms with Crippen molar-refractivity contribution in [3.05, 3.63) is 99.8 Å². The molecule has 2 aromatic carbocycles. The molecule has 0 saturated carbocycles. The number of thiophene rings is 1. The van der Waals surface area contributed by atoms with Crippen molar-refractivity contribution in [3.8, 4) is 0 Å². The summed E-state index contributed by atoms with van der Waals surface area (Å²) in [6.45, 7) is 6.15. The molecule has 0 saturated heterocycles. The maximum Gasteiger partial charge on any atom is 0.254 e. The number of fused-ring (bicyclic) bond motifs is 1. The lowest BCUT2D eigenvalue weighted by Crippen LogP contribution is -2.49. The monoisotopic (exact) mass is 470 g/mol. The van der Waals surface area contributed by atoms with Crippen LogP contribution in [0, 0.1) is 5.92 Å². The highest BCUT2D eigenvalue weighted by Crippen LogP contribution is 2.45. The van der Waals surface area contributed by atoms with E-state index in [2.05, 4.69) is 50.3 Å². The second-order valence-electron chi connectivity index (χ2n) is 9.51. The molecule has 5 heteroatoms. The molecule has 2 aliphatic rings. The van der Waals surface area contributed by atoms with Gasteiger partial charge in [0.15, 0.2) is 0 Å². The van der Waals surface area contributed by atoms with Crippen molar-refractivity contribution >= 4 is 28.7 Å². The van der Waals surface area contributed by atoms with Crippen LogP contribution in [-0.4, -0.2) is 41.2 Å². The van der Waals surface area contributed by atoms with E-state index in [0.717, 1.165) is 16.9 Å². The van der Waals surface area contributed by atoms with Gasteiger partial charge in [0.1, 0.15) is 0 Å². The van der Waals surface area contributed by atoms with E-state index in [1.165, 1.54) is 11.1 Å². The molecule has 1 aromatic heterocycles. The molecule has 0 N–H and O–H groups in total. The molecule has 3 heterocycles. The highest BCUT2D eigenvalue weighted by molar-refractivity contribution is 7.10. The number of carbonyl (C=O) groups excluding carboxylic acids is 2. The molecular weight excluding hydrogens is 440 g/mol. The predicted molar refractivity (Wildman–Crippen MR) is 138 cm³/mol. The van der Waals surface area contributed by atoms with E-state index in [4.69, 9.17) is 0 Å². The molecule has 0 fully saturated rings. The Labute approximate surface area is 205 Å². The summed E-state index contributed by atoms with van der Waals surface area (Å²) in [6, 6.07) is 21.9. The summed E-state index contributed by atoms with van der Waals surface area (Å²) in [7, 11) is 0. The Morgan fingerprint density at radius 2 is 1.79 bits per heavy atom. The topological polar surface area (TPSA) is 40.6 Å². The second kappa shape index (κ2) is 9.59. The van der Waals surface area contributed by atoms with E-state index >= 15 is 0 Å². The summed E-state index contributed by atoms with van der Waals surface area (Å²) < 4.78 is 0. The quantitative estimate of drug-likeness (QED) is 0.459. The maximum absolute atomic E-state index is 14.2. The van der Waals surface area contributed by atoms with E-state index in [0.29, 0.717) is 31.1 Å². The molecule has 0 bridgehead atoms. The van der Waals surface area contributed by atoms with Crippen LogP contribution in [0.3, 0.4) is 0 Å². The van der Waals surface area contributed by atoms with Crippen LogP contribution in [0.4, 0.5) is 0 Å². The van der Waals surface area contributed by atoms with E-state index in [1.54, 1.807) is 11.3 Å². The van der Waals surface area contributed by atoms with Gasteiger partial charge in [0, 0.05) is 30.1 Å². The standard InChI is InChI=1S/C29H30N2O2S/c1-20(2)19-31-27(25-13-8-18-34-25)26(23-11-6-7-12-24(23)28(31)32)29(33)30-16-14-22(15-17-30)21-9-4-3-5-10-21/h3-14,18,20,26-27H,15-17,19H2,1-2H3/t26-,27+/m1/s1. The summed E-state index contributed by atoms with van der Waals surface area (Å²) in [6.07, 6.45) is 3.02. The van der Waals surface area contributed by atoms with Crippen LogP contribution >= 0.6 is 11.3 Å². The lowest BCUT2D eigenvalue weighted by molar-refractivity contribution is -0.134. The normalized spacial score (nSPS) is 20.3. The van der Waals surface area contributed by atoms with Crippen molar-refractivity contribution < 1.29 is 9.59 Å². The molecule has 2 atom stereocenters. The van der Waals surface area contributed by atoms with E-state index < -0.39 is 5.92 Å². The highest BCUT2D eigenvalue weighted by atomic mass is 32.1. The zero-order valence-corrected chi connectivity index (χ0v) is 20.5. The van der Waals surface area contributed by atoms with Gasteiger partial charge in [-0.15, -0.1) is 11.3 Å². The molecule has 0 unspecified atom stereocenters. The molecule has 0 aliphatic carbocycles. The third-order valence-electron chi connectivity index (χ3n) is 6.77.